The number of hydrogen-bond donors (Lipinski definition) is 1. The number of amides is 2. The fourth-order valence-corrected chi connectivity index (χ4v) is 3.09. The fourth-order valence-electron chi connectivity index (χ4n) is 3.09. The number of nitrogens with zero attached hydrogens (tertiary/aromatic N) is 3. The Labute approximate surface area is 153 Å². The van der Waals surface area contributed by atoms with Gasteiger partial charge in [0, 0.05) is 43.8 Å². The Balaban J connectivity index is 1.75. The summed E-state index contributed by atoms with van der Waals surface area (Å²) in [6.07, 6.45) is 2.48. The number of rotatable bonds is 5. The summed E-state index contributed by atoms with van der Waals surface area (Å²) in [6, 6.07) is 11.8. The quantitative estimate of drug-likeness (QED) is 0.841. The van der Waals surface area contributed by atoms with Crippen LogP contribution in [0.1, 0.15) is 35.8 Å². The lowest BCUT2D eigenvalue weighted by Gasteiger charge is -2.32. The first-order valence-electron chi connectivity index (χ1n) is 8.89. The van der Waals surface area contributed by atoms with Gasteiger partial charge in [-0.25, -0.2) is 0 Å². The molecule has 2 aromatic rings. The second-order valence-electron chi connectivity index (χ2n) is 6.73. The van der Waals surface area contributed by atoms with Gasteiger partial charge in [0.15, 0.2) is 0 Å². The van der Waals surface area contributed by atoms with Gasteiger partial charge >= 0.3 is 0 Å². The summed E-state index contributed by atoms with van der Waals surface area (Å²) in [5.41, 5.74) is 3.51. The molecule has 0 saturated carbocycles. The third-order valence-corrected chi connectivity index (χ3v) is 4.59. The van der Waals surface area contributed by atoms with Crippen molar-refractivity contribution in [2.45, 2.75) is 19.8 Å². The van der Waals surface area contributed by atoms with Crippen LogP contribution in [-0.2, 0) is 4.79 Å². The molecular weight excluding hydrogens is 328 g/mol. The first-order valence-corrected chi connectivity index (χ1v) is 8.89. The van der Waals surface area contributed by atoms with Crippen LogP contribution in [-0.4, -0.2) is 53.3 Å². The molecule has 0 unspecified atom stereocenters. The van der Waals surface area contributed by atoms with Gasteiger partial charge in [-0.15, -0.1) is 0 Å². The maximum absolute atomic E-state index is 12.7. The number of piperazine rings is 1. The number of nitrogens with one attached hydrogen (secondary N) is 1. The van der Waals surface area contributed by atoms with E-state index in [-0.39, 0.29) is 5.91 Å². The maximum Gasteiger partial charge on any atom is 0.272 e. The van der Waals surface area contributed by atoms with Crippen molar-refractivity contribution in [1.29, 1.82) is 0 Å². The molecule has 3 rings (SSSR count). The van der Waals surface area contributed by atoms with Crippen molar-refractivity contribution in [3.05, 3.63) is 53.9 Å². The maximum atomic E-state index is 12.7. The molecule has 2 amide bonds. The molecule has 1 aliphatic rings. The van der Waals surface area contributed by atoms with E-state index in [1.165, 1.54) is 5.56 Å². The highest BCUT2D eigenvalue weighted by Crippen LogP contribution is 2.27. The molecule has 1 fully saturated rings. The van der Waals surface area contributed by atoms with Crippen molar-refractivity contribution in [2.24, 2.45) is 0 Å². The van der Waals surface area contributed by atoms with Crippen LogP contribution in [0.25, 0.3) is 0 Å². The van der Waals surface area contributed by atoms with Gasteiger partial charge in [0.1, 0.15) is 5.69 Å². The summed E-state index contributed by atoms with van der Waals surface area (Å²) in [7, 11) is 0. The molecule has 136 valence electrons. The zero-order valence-corrected chi connectivity index (χ0v) is 15.2. The summed E-state index contributed by atoms with van der Waals surface area (Å²) < 4.78 is 0. The molecule has 1 aliphatic heterocycles. The molecule has 6 nitrogen and oxygen atoms in total. The van der Waals surface area contributed by atoms with Crippen LogP contribution in [0.5, 0.6) is 0 Å². The number of para-hydroxylation sites is 1. The molecule has 0 aliphatic carbocycles. The standard InChI is InChI=1S/C20H24N4O2/c1-15(2)17-5-3-4-6-18(17)22-16-7-8-21-19(13-16)20(26)24-11-9-23(14-25)10-12-24/h3-8,13-15H,9-12H2,1-2H3,(H,21,22). The van der Waals surface area contributed by atoms with Crippen LogP contribution in [0.2, 0.25) is 0 Å². The predicted octanol–water partition coefficient (Wildman–Crippen LogP) is 2.86. The van der Waals surface area contributed by atoms with Gasteiger partial charge in [-0.05, 0) is 29.7 Å². The molecule has 26 heavy (non-hydrogen) atoms. The molecule has 0 atom stereocenters. The Morgan fingerprint density at radius 2 is 1.88 bits per heavy atom. The van der Waals surface area contributed by atoms with Crippen LogP contribution in [0.15, 0.2) is 42.6 Å². The van der Waals surface area contributed by atoms with E-state index in [1.54, 1.807) is 22.1 Å². The average molecular weight is 352 g/mol. The van der Waals surface area contributed by atoms with Crippen LogP contribution in [0, 0.1) is 0 Å². The molecule has 2 heterocycles. The third-order valence-electron chi connectivity index (χ3n) is 4.59. The highest BCUT2D eigenvalue weighted by atomic mass is 16.2. The first-order chi connectivity index (χ1) is 12.6. The highest BCUT2D eigenvalue weighted by molar-refractivity contribution is 5.93. The predicted molar refractivity (Wildman–Crippen MR) is 102 cm³/mol. The zero-order valence-electron chi connectivity index (χ0n) is 15.2. The Morgan fingerprint density at radius 3 is 2.58 bits per heavy atom. The average Bonchev–Trinajstić information content (AvgIpc) is 2.68. The minimum absolute atomic E-state index is 0.101. The summed E-state index contributed by atoms with van der Waals surface area (Å²) in [6.45, 7) is 6.51. The van der Waals surface area contributed by atoms with Crippen molar-refractivity contribution >= 4 is 23.7 Å². The van der Waals surface area contributed by atoms with E-state index in [2.05, 4.69) is 30.2 Å². The lowest BCUT2D eigenvalue weighted by molar-refractivity contribution is -0.119. The van der Waals surface area contributed by atoms with Crippen molar-refractivity contribution < 1.29 is 9.59 Å². The van der Waals surface area contributed by atoms with Crippen molar-refractivity contribution in [1.82, 2.24) is 14.8 Å². The zero-order chi connectivity index (χ0) is 18.5. The first kappa shape index (κ1) is 17.9. The smallest absolute Gasteiger partial charge is 0.272 e. The number of pyridine rings is 1. The minimum Gasteiger partial charge on any atom is -0.355 e. The number of carbonyl (C=O) groups excluding carboxylic acids is 2. The number of anilines is 2. The van der Waals surface area contributed by atoms with Crippen molar-refractivity contribution in [3.63, 3.8) is 0 Å². The molecule has 1 N–H and O–H groups in total. The minimum atomic E-state index is -0.101. The van der Waals surface area contributed by atoms with Gasteiger partial charge in [-0.1, -0.05) is 32.0 Å². The third kappa shape index (κ3) is 4.02. The summed E-state index contributed by atoms with van der Waals surface area (Å²) in [5.74, 6) is 0.298. The van der Waals surface area contributed by atoms with E-state index >= 15 is 0 Å². The second-order valence-corrected chi connectivity index (χ2v) is 6.73. The number of hydrogen-bond acceptors (Lipinski definition) is 4. The summed E-state index contributed by atoms with van der Waals surface area (Å²) in [5, 5.41) is 3.40. The van der Waals surface area contributed by atoms with Gasteiger partial charge < -0.3 is 15.1 Å². The van der Waals surface area contributed by atoms with E-state index in [9.17, 15) is 9.59 Å². The lowest BCUT2D eigenvalue weighted by atomic mass is 10.0. The van der Waals surface area contributed by atoms with Gasteiger partial charge in [-0.3, -0.25) is 14.6 Å². The Kier molecular flexibility index (Phi) is 5.51. The molecule has 0 spiro atoms. The van der Waals surface area contributed by atoms with Gasteiger partial charge in [-0.2, -0.15) is 0 Å². The molecule has 1 aromatic carbocycles. The van der Waals surface area contributed by atoms with Crippen LogP contribution >= 0.6 is 0 Å². The monoisotopic (exact) mass is 352 g/mol. The largest absolute Gasteiger partial charge is 0.355 e. The topological polar surface area (TPSA) is 65.5 Å². The highest BCUT2D eigenvalue weighted by Gasteiger charge is 2.22. The van der Waals surface area contributed by atoms with E-state index in [0.717, 1.165) is 17.8 Å². The normalized spacial score (nSPS) is 14.4. The van der Waals surface area contributed by atoms with E-state index < -0.39 is 0 Å². The van der Waals surface area contributed by atoms with Gasteiger partial charge in [0.25, 0.3) is 5.91 Å². The van der Waals surface area contributed by atoms with Crippen molar-refractivity contribution in [3.8, 4) is 0 Å². The Morgan fingerprint density at radius 1 is 1.15 bits per heavy atom. The van der Waals surface area contributed by atoms with E-state index in [1.807, 2.05) is 24.3 Å². The Bertz CT molecular complexity index is 783. The van der Waals surface area contributed by atoms with Gasteiger partial charge in [0.05, 0.1) is 0 Å². The molecule has 1 aromatic heterocycles. The second kappa shape index (κ2) is 7.99. The van der Waals surface area contributed by atoms with Gasteiger partial charge in [0.2, 0.25) is 6.41 Å². The molecule has 1 saturated heterocycles. The molecule has 0 bridgehead atoms. The number of benzene rings is 1. The molecule has 6 heteroatoms. The summed E-state index contributed by atoms with van der Waals surface area (Å²) in [4.78, 5) is 31.2. The SMILES string of the molecule is CC(C)c1ccccc1Nc1ccnc(C(=O)N2CCN(C=O)CC2)c1. The van der Waals surface area contributed by atoms with Crippen LogP contribution in [0.3, 0.4) is 0 Å². The summed E-state index contributed by atoms with van der Waals surface area (Å²) >= 11 is 0. The van der Waals surface area contributed by atoms with E-state index in [4.69, 9.17) is 0 Å². The fraction of sp³-hybridized carbons (Fsp3) is 0.350. The number of aromatic nitrogens is 1. The molecular formula is C20H24N4O2. The molecule has 0 radical (unpaired) electrons. The van der Waals surface area contributed by atoms with E-state index in [0.29, 0.717) is 37.8 Å². The Hall–Kier alpha value is -2.89. The van der Waals surface area contributed by atoms with Crippen molar-refractivity contribution in [2.75, 3.05) is 31.5 Å². The lowest BCUT2D eigenvalue weighted by Crippen LogP contribution is -2.48. The number of carbonyl (C=O) groups is 2. The van der Waals surface area contributed by atoms with Crippen LogP contribution in [0.4, 0.5) is 11.4 Å². The van der Waals surface area contributed by atoms with Crippen LogP contribution < -0.4 is 5.32 Å².